The third-order valence-corrected chi connectivity index (χ3v) is 11.8. The van der Waals surface area contributed by atoms with Crippen LogP contribution in [0.5, 0.6) is 0 Å². The fourth-order valence-electron chi connectivity index (χ4n) is 7.10. The molecular formula is C49H94NO8P. The van der Waals surface area contributed by atoms with E-state index in [1.807, 2.05) is 0 Å². The van der Waals surface area contributed by atoms with E-state index in [4.69, 9.17) is 24.3 Å². The SMILES string of the molecule is CCCCCCCC/C=C\CCCCCCCC(=O)OCC(COP(=O)(O)OCCN)OC(=O)CCCCCCCCCCCCC/C=C\CCCCCCCCCC. The first kappa shape index (κ1) is 57.5. The lowest BCUT2D eigenvalue weighted by Gasteiger charge is -2.19. The molecule has 59 heavy (non-hydrogen) atoms. The number of hydrogen-bond donors (Lipinski definition) is 2. The predicted molar refractivity (Wildman–Crippen MR) is 247 cm³/mol. The molecular weight excluding hydrogens is 762 g/mol. The summed E-state index contributed by atoms with van der Waals surface area (Å²) in [5, 5.41) is 0. The van der Waals surface area contributed by atoms with Gasteiger partial charge in [0.15, 0.2) is 6.10 Å². The van der Waals surface area contributed by atoms with E-state index in [9.17, 15) is 19.0 Å². The van der Waals surface area contributed by atoms with Crippen LogP contribution in [-0.4, -0.2) is 49.3 Å². The molecule has 0 heterocycles. The molecule has 348 valence electrons. The first-order valence-electron chi connectivity index (χ1n) is 24.8. The van der Waals surface area contributed by atoms with Gasteiger partial charge in [0.1, 0.15) is 6.61 Å². The highest BCUT2D eigenvalue weighted by molar-refractivity contribution is 7.47. The van der Waals surface area contributed by atoms with Crippen LogP contribution in [0.3, 0.4) is 0 Å². The lowest BCUT2D eigenvalue weighted by Crippen LogP contribution is -2.29. The van der Waals surface area contributed by atoms with E-state index < -0.39 is 26.5 Å². The molecule has 2 unspecified atom stereocenters. The fraction of sp³-hybridized carbons (Fsp3) is 0.878. The van der Waals surface area contributed by atoms with Gasteiger partial charge in [0.05, 0.1) is 13.2 Å². The Labute approximate surface area is 363 Å². The maximum absolute atomic E-state index is 12.6. The van der Waals surface area contributed by atoms with Crippen LogP contribution in [0, 0.1) is 0 Å². The van der Waals surface area contributed by atoms with Gasteiger partial charge >= 0.3 is 19.8 Å². The zero-order valence-corrected chi connectivity index (χ0v) is 39.4. The summed E-state index contributed by atoms with van der Waals surface area (Å²) in [5.41, 5.74) is 5.36. The second-order valence-electron chi connectivity index (χ2n) is 16.7. The number of unbranched alkanes of at least 4 members (excludes halogenated alkanes) is 30. The Morgan fingerprint density at radius 2 is 0.831 bits per heavy atom. The van der Waals surface area contributed by atoms with Gasteiger partial charge in [-0.1, -0.05) is 192 Å². The Kier molecular flexibility index (Phi) is 44.8. The third-order valence-electron chi connectivity index (χ3n) is 10.8. The quantitative estimate of drug-likeness (QED) is 0.0265. The van der Waals surface area contributed by atoms with E-state index in [1.165, 1.54) is 154 Å². The molecule has 0 aliphatic carbocycles. The molecule has 0 bridgehead atoms. The average molecular weight is 856 g/mol. The Morgan fingerprint density at radius 3 is 1.20 bits per heavy atom. The molecule has 0 radical (unpaired) electrons. The van der Waals surface area contributed by atoms with Crippen molar-refractivity contribution in [2.24, 2.45) is 5.73 Å². The average Bonchev–Trinajstić information content (AvgIpc) is 3.22. The summed E-state index contributed by atoms with van der Waals surface area (Å²) in [6, 6.07) is 0. The Morgan fingerprint density at radius 1 is 0.492 bits per heavy atom. The van der Waals surface area contributed by atoms with Gasteiger partial charge < -0.3 is 20.1 Å². The van der Waals surface area contributed by atoms with Gasteiger partial charge in [-0.15, -0.1) is 0 Å². The van der Waals surface area contributed by atoms with E-state index >= 15 is 0 Å². The third kappa shape index (κ3) is 45.8. The summed E-state index contributed by atoms with van der Waals surface area (Å²) in [4.78, 5) is 35.0. The zero-order valence-electron chi connectivity index (χ0n) is 38.5. The molecule has 10 heteroatoms. The summed E-state index contributed by atoms with van der Waals surface area (Å²) in [5.74, 6) is -0.830. The van der Waals surface area contributed by atoms with Crippen molar-refractivity contribution in [2.45, 2.75) is 251 Å². The van der Waals surface area contributed by atoms with Crippen LogP contribution in [0.25, 0.3) is 0 Å². The number of carbonyl (C=O) groups is 2. The van der Waals surface area contributed by atoms with Crippen LogP contribution in [0.1, 0.15) is 245 Å². The highest BCUT2D eigenvalue weighted by Gasteiger charge is 2.26. The van der Waals surface area contributed by atoms with Crippen LogP contribution in [0.15, 0.2) is 24.3 Å². The first-order chi connectivity index (χ1) is 28.8. The summed E-state index contributed by atoms with van der Waals surface area (Å²) in [6.07, 6.45) is 50.7. The van der Waals surface area contributed by atoms with Crippen LogP contribution < -0.4 is 5.73 Å². The van der Waals surface area contributed by atoms with Gasteiger partial charge in [-0.3, -0.25) is 18.6 Å². The predicted octanol–water partition coefficient (Wildman–Crippen LogP) is 14.7. The van der Waals surface area contributed by atoms with Crippen molar-refractivity contribution in [3.05, 3.63) is 24.3 Å². The number of nitrogens with two attached hydrogens (primary N) is 1. The molecule has 0 spiro atoms. The van der Waals surface area contributed by atoms with Crippen LogP contribution in [0.4, 0.5) is 0 Å². The summed E-state index contributed by atoms with van der Waals surface area (Å²) < 4.78 is 32.9. The van der Waals surface area contributed by atoms with Crippen molar-refractivity contribution < 1.29 is 37.6 Å². The monoisotopic (exact) mass is 856 g/mol. The van der Waals surface area contributed by atoms with E-state index in [0.29, 0.717) is 6.42 Å². The van der Waals surface area contributed by atoms with Gasteiger partial charge in [0.2, 0.25) is 0 Å². The fourth-order valence-corrected chi connectivity index (χ4v) is 7.86. The van der Waals surface area contributed by atoms with Crippen LogP contribution in [-0.2, 0) is 32.7 Å². The van der Waals surface area contributed by atoms with Crippen molar-refractivity contribution in [3.63, 3.8) is 0 Å². The van der Waals surface area contributed by atoms with Gasteiger partial charge in [0.25, 0.3) is 0 Å². The van der Waals surface area contributed by atoms with E-state index in [0.717, 1.165) is 57.8 Å². The minimum absolute atomic E-state index is 0.0536. The van der Waals surface area contributed by atoms with Gasteiger partial charge in [-0.05, 0) is 64.2 Å². The molecule has 2 atom stereocenters. The molecule has 0 saturated carbocycles. The number of ether oxygens (including phenoxy) is 2. The number of carbonyl (C=O) groups excluding carboxylic acids is 2. The molecule has 0 rings (SSSR count). The number of phosphoric ester groups is 1. The van der Waals surface area contributed by atoms with E-state index in [1.54, 1.807) is 0 Å². The van der Waals surface area contributed by atoms with Gasteiger partial charge in [-0.25, -0.2) is 4.57 Å². The normalized spacial score (nSPS) is 13.4. The van der Waals surface area contributed by atoms with Crippen molar-refractivity contribution in [2.75, 3.05) is 26.4 Å². The summed E-state index contributed by atoms with van der Waals surface area (Å²) >= 11 is 0. The second-order valence-corrected chi connectivity index (χ2v) is 18.1. The summed E-state index contributed by atoms with van der Waals surface area (Å²) in [7, 11) is -4.38. The number of allylic oxidation sites excluding steroid dienone is 4. The van der Waals surface area contributed by atoms with Crippen molar-refractivity contribution in [1.82, 2.24) is 0 Å². The second kappa shape index (κ2) is 46.0. The topological polar surface area (TPSA) is 134 Å². The molecule has 0 saturated heterocycles. The Balaban J connectivity index is 4.03. The molecule has 3 N–H and O–H groups in total. The Hall–Kier alpha value is -1.51. The maximum atomic E-state index is 12.6. The van der Waals surface area contributed by atoms with Gasteiger partial charge in [-0.2, -0.15) is 0 Å². The minimum Gasteiger partial charge on any atom is -0.462 e. The highest BCUT2D eigenvalue weighted by atomic mass is 31.2. The number of hydrogen-bond acceptors (Lipinski definition) is 8. The standard InChI is InChI=1S/C49H94NO8P/c1-3-5-7-9-11-13-15-17-19-20-21-22-23-24-25-26-28-30-32-34-36-38-40-42-49(52)58-47(46-57-59(53,54)56-44-43-50)45-55-48(51)41-39-37-35-33-31-29-27-18-16-14-12-10-8-6-4-2/h18,20-21,27,47H,3-17,19,22-26,28-46,50H2,1-2H3,(H,53,54)/b21-20-,27-18-. The molecule has 9 nitrogen and oxygen atoms in total. The van der Waals surface area contributed by atoms with Crippen molar-refractivity contribution in [3.8, 4) is 0 Å². The van der Waals surface area contributed by atoms with Gasteiger partial charge in [0, 0.05) is 19.4 Å². The minimum atomic E-state index is -4.38. The molecule has 0 amide bonds. The highest BCUT2D eigenvalue weighted by Crippen LogP contribution is 2.43. The number of esters is 2. The van der Waals surface area contributed by atoms with Crippen molar-refractivity contribution >= 4 is 19.8 Å². The Bertz CT molecular complexity index is 1020. The van der Waals surface area contributed by atoms with E-state index in [2.05, 4.69) is 38.2 Å². The lowest BCUT2D eigenvalue weighted by atomic mass is 10.0. The maximum Gasteiger partial charge on any atom is 0.472 e. The lowest BCUT2D eigenvalue weighted by molar-refractivity contribution is -0.161. The number of phosphoric acid groups is 1. The zero-order chi connectivity index (χ0) is 43.2. The van der Waals surface area contributed by atoms with Crippen molar-refractivity contribution in [1.29, 1.82) is 0 Å². The molecule has 0 aromatic rings. The molecule has 0 aromatic carbocycles. The van der Waals surface area contributed by atoms with Crippen LogP contribution in [0.2, 0.25) is 0 Å². The smallest absolute Gasteiger partial charge is 0.462 e. The van der Waals surface area contributed by atoms with Crippen LogP contribution >= 0.6 is 7.82 Å². The number of rotatable bonds is 47. The first-order valence-corrected chi connectivity index (χ1v) is 26.3. The molecule has 0 aliphatic heterocycles. The molecule has 0 fully saturated rings. The molecule has 0 aromatic heterocycles. The molecule has 0 aliphatic rings. The summed E-state index contributed by atoms with van der Waals surface area (Å²) in [6.45, 7) is 3.75. The largest absolute Gasteiger partial charge is 0.472 e. The van der Waals surface area contributed by atoms with E-state index in [-0.39, 0.29) is 38.6 Å².